The number of piperazine rings is 1. The van der Waals surface area contributed by atoms with Crippen LogP contribution in [0.5, 0.6) is 0 Å². The van der Waals surface area contributed by atoms with Gasteiger partial charge in [-0.25, -0.2) is 0 Å². The first-order chi connectivity index (χ1) is 6.72. The molecule has 0 aromatic rings. The van der Waals surface area contributed by atoms with Crippen LogP contribution in [0.15, 0.2) is 0 Å². The van der Waals surface area contributed by atoms with E-state index in [-0.39, 0.29) is 0 Å². The molecule has 0 aromatic heterocycles. The molecular formula is C12H24N2. The zero-order valence-corrected chi connectivity index (χ0v) is 9.68. The molecule has 1 aliphatic carbocycles. The average molecular weight is 196 g/mol. The standard InChI is InChI=1S/C12H24N2/c1-3-12(2)10-14(9-7-13-12)8-6-11-4-5-11/h11,13H,3-10H2,1-2H3. The molecule has 0 aromatic carbocycles. The van der Waals surface area contributed by atoms with Gasteiger partial charge in [0, 0.05) is 25.2 Å². The predicted molar refractivity (Wildman–Crippen MR) is 60.5 cm³/mol. The van der Waals surface area contributed by atoms with E-state index in [0.29, 0.717) is 5.54 Å². The van der Waals surface area contributed by atoms with Crippen LogP contribution in [0.3, 0.4) is 0 Å². The van der Waals surface area contributed by atoms with Gasteiger partial charge in [0.2, 0.25) is 0 Å². The van der Waals surface area contributed by atoms with E-state index in [4.69, 9.17) is 0 Å². The Labute approximate surface area is 88.1 Å². The zero-order valence-electron chi connectivity index (χ0n) is 9.68. The Morgan fingerprint density at radius 2 is 2.21 bits per heavy atom. The maximum absolute atomic E-state index is 3.64. The van der Waals surface area contributed by atoms with Crippen LogP contribution >= 0.6 is 0 Å². The summed E-state index contributed by atoms with van der Waals surface area (Å²) in [4.78, 5) is 2.65. The van der Waals surface area contributed by atoms with Crippen molar-refractivity contribution in [2.24, 2.45) is 5.92 Å². The van der Waals surface area contributed by atoms with E-state index >= 15 is 0 Å². The van der Waals surface area contributed by atoms with E-state index < -0.39 is 0 Å². The summed E-state index contributed by atoms with van der Waals surface area (Å²) in [6.07, 6.45) is 5.68. The summed E-state index contributed by atoms with van der Waals surface area (Å²) < 4.78 is 0. The van der Waals surface area contributed by atoms with E-state index in [1.165, 1.54) is 51.9 Å². The Bertz CT molecular complexity index is 189. The SMILES string of the molecule is CCC1(C)CN(CCC2CC2)CCN1. The zero-order chi connectivity index (χ0) is 10.0. The summed E-state index contributed by atoms with van der Waals surface area (Å²) in [7, 11) is 0. The third-order valence-electron chi connectivity index (χ3n) is 3.88. The highest BCUT2D eigenvalue weighted by atomic mass is 15.2. The van der Waals surface area contributed by atoms with Crippen molar-refractivity contribution in [3.8, 4) is 0 Å². The molecule has 82 valence electrons. The lowest BCUT2D eigenvalue weighted by atomic mass is 9.96. The fraction of sp³-hybridized carbons (Fsp3) is 1.00. The van der Waals surface area contributed by atoms with Gasteiger partial charge in [0.05, 0.1) is 0 Å². The summed E-state index contributed by atoms with van der Waals surface area (Å²) in [6.45, 7) is 9.66. The highest BCUT2D eigenvalue weighted by Gasteiger charge is 2.29. The lowest BCUT2D eigenvalue weighted by Gasteiger charge is -2.41. The van der Waals surface area contributed by atoms with Gasteiger partial charge in [0.1, 0.15) is 0 Å². The number of hydrogen-bond donors (Lipinski definition) is 1. The molecule has 2 aliphatic rings. The minimum Gasteiger partial charge on any atom is -0.309 e. The van der Waals surface area contributed by atoms with Gasteiger partial charge in [-0.15, -0.1) is 0 Å². The average Bonchev–Trinajstić information content (AvgIpc) is 2.99. The van der Waals surface area contributed by atoms with Crippen LogP contribution < -0.4 is 5.32 Å². The first kappa shape index (κ1) is 10.4. The van der Waals surface area contributed by atoms with Crippen molar-refractivity contribution >= 4 is 0 Å². The van der Waals surface area contributed by atoms with Gasteiger partial charge in [-0.3, -0.25) is 0 Å². The summed E-state index contributed by atoms with van der Waals surface area (Å²) in [5, 5.41) is 3.64. The Morgan fingerprint density at radius 1 is 1.43 bits per heavy atom. The third kappa shape index (κ3) is 2.71. The number of nitrogens with zero attached hydrogens (tertiary/aromatic N) is 1. The molecule has 2 heteroatoms. The Hall–Kier alpha value is -0.0800. The number of nitrogens with one attached hydrogen (secondary N) is 1. The van der Waals surface area contributed by atoms with Crippen molar-refractivity contribution in [1.82, 2.24) is 10.2 Å². The molecule has 1 heterocycles. The molecule has 1 N–H and O–H groups in total. The molecule has 14 heavy (non-hydrogen) atoms. The molecular weight excluding hydrogens is 172 g/mol. The van der Waals surface area contributed by atoms with Gasteiger partial charge in [0.15, 0.2) is 0 Å². The summed E-state index contributed by atoms with van der Waals surface area (Å²) in [5.41, 5.74) is 0.377. The number of rotatable bonds is 4. The monoisotopic (exact) mass is 196 g/mol. The van der Waals surface area contributed by atoms with Crippen LogP contribution in [-0.4, -0.2) is 36.6 Å². The summed E-state index contributed by atoms with van der Waals surface area (Å²) >= 11 is 0. The molecule has 2 nitrogen and oxygen atoms in total. The fourth-order valence-corrected chi connectivity index (χ4v) is 2.34. The molecule has 1 atom stereocenters. The van der Waals surface area contributed by atoms with Crippen molar-refractivity contribution in [2.45, 2.75) is 45.1 Å². The molecule has 2 fully saturated rings. The van der Waals surface area contributed by atoms with Gasteiger partial charge in [-0.05, 0) is 32.2 Å². The minimum absolute atomic E-state index is 0.377. The lowest BCUT2D eigenvalue weighted by Crippen LogP contribution is -2.58. The second-order valence-electron chi connectivity index (χ2n) is 5.35. The van der Waals surface area contributed by atoms with Gasteiger partial charge >= 0.3 is 0 Å². The predicted octanol–water partition coefficient (Wildman–Crippen LogP) is 1.86. The topological polar surface area (TPSA) is 15.3 Å². The van der Waals surface area contributed by atoms with Crippen molar-refractivity contribution in [1.29, 1.82) is 0 Å². The molecule has 2 rings (SSSR count). The second-order valence-corrected chi connectivity index (χ2v) is 5.35. The van der Waals surface area contributed by atoms with Gasteiger partial charge in [-0.1, -0.05) is 19.8 Å². The van der Waals surface area contributed by atoms with E-state index in [0.717, 1.165) is 5.92 Å². The highest BCUT2D eigenvalue weighted by molar-refractivity contribution is 4.90. The van der Waals surface area contributed by atoms with E-state index in [1.54, 1.807) is 0 Å². The first-order valence-electron chi connectivity index (χ1n) is 6.19. The fourth-order valence-electron chi connectivity index (χ4n) is 2.34. The van der Waals surface area contributed by atoms with Gasteiger partial charge in [-0.2, -0.15) is 0 Å². The third-order valence-corrected chi connectivity index (χ3v) is 3.88. The van der Waals surface area contributed by atoms with E-state index in [2.05, 4.69) is 24.1 Å². The molecule has 1 unspecified atom stereocenters. The van der Waals surface area contributed by atoms with Gasteiger partial charge in [0.25, 0.3) is 0 Å². The maximum Gasteiger partial charge on any atom is 0.0278 e. The molecule has 1 aliphatic heterocycles. The van der Waals surface area contributed by atoms with Gasteiger partial charge < -0.3 is 10.2 Å². The van der Waals surface area contributed by atoms with Crippen LogP contribution in [0.4, 0.5) is 0 Å². The second kappa shape index (κ2) is 4.19. The molecule has 0 amide bonds. The molecule has 1 saturated heterocycles. The molecule has 0 radical (unpaired) electrons. The van der Waals surface area contributed by atoms with E-state index in [9.17, 15) is 0 Å². The Kier molecular flexibility index (Phi) is 3.13. The van der Waals surface area contributed by atoms with Crippen molar-refractivity contribution in [3.05, 3.63) is 0 Å². The van der Waals surface area contributed by atoms with Crippen LogP contribution in [0.2, 0.25) is 0 Å². The highest BCUT2D eigenvalue weighted by Crippen LogP contribution is 2.32. The lowest BCUT2D eigenvalue weighted by molar-refractivity contribution is 0.137. The smallest absolute Gasteiger partial charge is 0.0278 e. The van der Waals surface area contributed by atoms with E-state index in [1.807, 2.05) is 0 Å². The van der Waals surface area contributed by atoms with Crippen LogP contribution in [0.25, 0.3) is 0 Å². The van der Waals surface area contributed by atoms with Crippen LogP contribution in [0.1, 0.15) is 39.5 Å². The maximum atomic E-state index is 3.64. The largest absolute Gasteiger partial charge is 0.309 e. The molecule has 0 bridgehead atoms. The van der Waals surface area contributed by atoms with Crippen LogP contribution in [0, 0.1) is 5.92 Å². The Balaban J connectivity index is 1.74. The van der Waals surface area contributed by atoms with Crippen molar-refractivity contribution < 1.29 is 0 Å². The molecule has 1 saturated carbocycles. The van der Waals surface area contributed by atoms with Crippen molar-refractivity contribution in [3.63, 3.8) is 0 Å². The number of hydrogen-bond acceptors (Lipinski definition) is 2. The Morgan fingerprint density at radius 3 is 2.86 bits per heavy atom. The first-order valence-corrected chi connectivity index (χ1v) is 6.19. The summed E-state index contributed by atoms with van der Waals surface area (Å²) in [6, 6.07) is 0. The quantitative estimate of drug-likeness (QED) is 0.738. The van der Waals surface area contributed by atoms with Crippen LogP contribution in [-0.2, 0) is 0 Å². The molecule has 0 spiro atoms. The van der Waals surface area contributed by atoms with Crippen molar-refractivity contribution in [2.75, 3.05) is 26.2 Å². The minimum atomic E-state index is 0.377. The summed E-state index contributed by atoms with van der Waals surface area (Å²) in [5.74, 6) is 1.08. The normalized spacial score (nSPS) is 34.7.